The van der Waals surface area contributed by atoms with E-state index in [2.05, 4.69) is 9.69 Å². The molecule has 12 heteroatoms. The van der Waals surface area contributed by atoms with E-state index in [0.717, 1.165) is 36.4 Å². The SMILES string of the molecule is [C-]#[N+]C(C#N)=c1cc(Oc2cc(F)c(F)c(F)c2)c(=C(C#N)[N+]#[C-])cc1Oc1ccc(C(F)(F)F)cc1. The summed E-state index contributed by atoms with van der Waals surface area (Å²) in [6.07, 6.45) is -4.62. The molecule has 0 aliphatic heterocycles. The topological polar surface area (TPSA) is 74.8 Å². The van der Waals surface area contributed by atoms with Crippen molar-refractivity contribution in [3.05, 3.63) is 105 Å². The molecule has 6 nitrogen and oxygen atoms in total. The Bertz CT molecular complexity index is 1630. The third kappa shape index (κ3) is 5.62. The Morgan fingerprint density at radius 2 is 1.16 bits per heavy atom. The first-order chi connectivity index (χ1) is 17.5. The molecule has 0 N–H and O–H groups in total. The fourth-order valence-electron chi connectivity index (χ4n) is 2.95. The van der Waals surface area contributed by atoms with Gasteiger partial charge >= 0.3 is 6.18 Å². The maximum Gasteiger partial charge on any atom is 0.416 e. The lowest BCUT2D eigenvalue weighted by atomic mass is 10.1. The van der Waals surface area contributed by atoms with Gasteiger partial charge in [0.15, 0.2) is 17.5 Å². The van der Waals surface area contributed by atoms with E-state index in [0.29, 0.717) is 12.1 Å². The number of rotatable bonds is 4. The molecule has 0 saturated carbocycles. The summed E-state index contributed by atoms with van der Waals surface area (Å²) in [5.41, 5.74) is -2.17. The summed E-state index contributed by atoms with van der Waals surface area (Å²) in [4.78, 5) is 6.08. The van der Waals surface area contributed by atoms with E-state index < -0.39 is 52.1 Å². The van der Waals surface area contributed by atoms with Crippen molar-refractivity contribution in [2.45, 2.75) is 6.18 Å². The summed E-state index contributed by atoms with van der Waals surface area (Å²) in [5.74, 6) is -6.44. The Morgan fingerprint density at radius 3 is 1.54 bits per heavy atom. The summed E-state index contributed by atoms with van der Waals surface area (Å²) >= 11 is 0. The molecule has 0 aliphatic rings. The maximum atomic E-state index is 13.7. The third-order valence-electron chi connectivity index (χ3n) is 4.62. The average Bonchev–Trinajstić information content (AvgIpc) is 2.85. The summed E-state index contributed by atoms with van der Waals surface area (Å²) in [5, 5.41) is 18.2. The second kappa shape index (κ2) is 10.4. The molecule has 0 atom stereocenters. The lowest BCUT2D eigenvalue weighted by Gasteiger charge is -2.13. The van der Waals surface area contributed by atoms with Gasteiger partial charge in [0.25, 0.3) is 11.4 Å². The normalized spacial score (nSPS) is 12.3. The van der Waals surface area contributed by atoms with Gasteiger partial charge in [-0.3, -0.25) is 0 Å². The van der Waals surface area contributed by atoms with Gasteiger partial charge in [-0.15, -0.1) is 0 Å². The lowest BCUT2D eigenvalue weighted by Crippen LogP contribution is -2.18. The van der Waals surface area contributed by atoms with Gasteiger partial charge in [-0.1, -0.05) is 0 Å². The van der Waals surface area contributed by atoms with Crippen LogP contribution in [0.2, 0.25) is 0 Å². The first-order valence-corrected chi connectivity index (χ1v) is 9.67. The molecule has 0 aliphatic carbocycles. The Balaban J connectivity index is 2.29. The zero-order valence-corrected chi connectivity index (χ0v) is 18.0. The largest absolute Gasteiger partial charge is 0.458 e. The van der Waals surface area contributed by atoms with Gasteiger partial charge < -0.3 is 9.47 Å². The molecule has 0 radical (unpaired) electrons. The van der Waals surface area contributed by atoms with Gasteiger partial charge in [-0.05, 0) is 36.4 Å². The Kier molecular flexibility index (Phi) is 7.37. The standard InChI is InChI=1S/C25H8F6N4O2/c1-34-20(11-32)16-10-23(37-15-7-18(26)24(28)19(27)8-15)17(21(12-33)35-2)9-22(16)36-14-5-3-13(4-6-14)25(29,30)31/h3-10H. The summed E-state index contributed by atoms with van der Waals surface area (Å²) in [7, 11) is 0. The van der Waals surface area contributed by atoms with Crippen molar-refractivity contribution < 1.29 is 35.8 Å². The highest BCUT2D eigenvalue weighted by Crippen LogP contribution is 2.31. The predicted molar refractivity (Wildman–Crippen MR) is 115 cm³/mol. The summed E-state index contributed by atoms with van der Waals surface area (Å²) in [6.45, 7) is 14.5. The second-order valence-electron chi connectivity index (χ2n) is 6.92. The van der Waals surface area contributed by atoms with Crippen molar-refractivity contribution in [1.82, 2.24) is 0 Å². The van der Waals surface area contributed by atoms with Crippen LogP contribution in [-0.2, 0) is 6.18 Å². The molecule has 0 unspecified atom stereocenters. The van der Waals surface area contributed by atoms with Crippen molar-refractivity contribution in [2.24, 2.45) is 0 Å². The van der Waals surface area contributed by atoms with E-state index in [-0.39, 0.29) is 21.9 Å². The molecule has 0 aromatic heterocycles. The zero-order chi connectivity index (χ0) is 27.3. The van der Waals surface area contributed by atoms with Gasteiger partial charge in [0.2, 0.25) is 0 Å². The van der Waals surface area contributed by atoms with Crippen LogP contribution in [0.15, 0.2) is 48.5 Å². The monoisotopic (exact) mass is 510 g/mol. The van der Waals surface area contributed by atoms with Crippen molar-refractivity contribution >= 4 is 11.4 Å². The molecule has 0 spiro atoms. The molecule has 0 fully saturated rings. The molecule has 3 aromatic carbocycles. The Labute approximate surface area is 204 Å². The fraction of sp³-hybridized carbons (Fsp3) is 0.0400. The minimum absolute atomic E-state index is 0.153. The van der Waals surface area contributed by atoms with Crippen molar-refractivity contribution in [2.75, 3.05) is 0 Å². The summed E-state index contributed by atoms with van der Waals surface area (Å²) < 4.78 is 90.2. The fourth-order valence-corrected chi connectivity index (χ4v) is 2.95. The van der Waals surface area contributed by atoms with Crippen LogP contribution in [0.3, 0.4) is 0 Å². The van der Waals surface area contributed by atoms with Crippen molar-refractivity contribution in [3.63, 3.8) is 0 Å². The highest BCUT2D eigenvalue weighted by molar-refractivity contribution is 5.72. The van der Waals surface area contributed by atoms with Crippen LogP contribution in [0.1, 0.15) is 5.56 Å². The number of ether oxygens (including phenoxy) is 2. The smallest absolute Gasteiger partial charge is 0.416 e. The van der Waals surface area contributed by atoms with E-state index in [1.165, 1.54) is 0 Å². The number of alkyl halides is 3. The minimum Gasteiger partial charge on any atom is -0.458 e. The first kappa shape index (κ1) is 26.2. The number of nitrogens with zero attached hydrogens (tertiary/aromatic N) is 4. The number of benzene rings is 3. The van der Waals surface area contributed by atoms with Crippen LogP contribution in [0.4, 0.5) is 26.3 Å². The zero-order valence-electron chi connectivity index (χ0n) is 18.0. The Morgan fingerprint density at radius 1 is 0.730 bits per heavy atom. The van der Waals surface area contributed by atoms with Crippen LogP contribution >= 0.6 is 0 Å². The van der Waals surface area contributed by atoms with Crippen molar-refractivity contribution in [1.29, 1.82) is 10.5 Å². The highest BCUT2D eigenvalue weighted by atomic mass is 19.4. The second-order valence-corrected chi connectivity index (χ2v) is 6.92. The molecule has 3 aromatic rings. The van der Waals surface area contributed by atoms with Crippen LogP contribution in [-0.4, -0.2) is 0 Å². The molecule has 0 heterocycles. The molecule has 0 saturated heterocycles. The van der Waals surface area contributed by atoms with E-state index >= 15 is 0 Å². The van der Waals surface area contributed by atoms with Crippen molar-refractivity contribution in [3.8, 4) is 35.1 Å². The number of halogens is 6. The molecular formula is C25H8F6N4O2. The molecule has 0 bridgehead atoms. The number of hydrogen-bond acceptors (Lipinski definition) is 4. The minimum atomic E-state index is -4.62. The molecule has 0 amide bonds. The summed E-state index contributed by atoms with van der Waals surface area (Å²) in [6, 6.07) is 9.49. The Hall–Kier alpha value is -5.46. The van der Waals surface area contributed by atoms with Gasteiger partial charge in [0.05, 0.1) is 30.8 Å². The molecular weight excluding hydrogens is 502 g/mol. The van der Waals surface area contributed by atoms with E-state index in [1.807, 2.05) is 0 Å². The van der Waals surface area contributed by atoms with E-state index in [4.69, 9.17) is 22.6 Å². The van der Waals surface area contributed by atoms with Crippen LogP contribution in [0.25, 0.3) is 21.1 Å². The average molecular weight is 510 g/mol. The quantitative estimate of drug-likeness (QED) is 0.252. The van der Waals surface area contributed by atoms with Crippen LogP contribution < -0.4 is 19.9 Å². The molecule has 37 heavy (non-hydrogen) atoms. The highest BCUT2D eigenvalue weighted by Gasteiger charge is 2.30. The number of nitriles is 2. The maximum absolute atomic E-state index is 13.7. The van der Waals surface area contributed by atoms with Crippen LogP contribution in [0, 0.1) is 53.3 Å². The van der Waals surface area contributed by atoms with E-state index in [1.54, 1.807) is 12.1 Å². The first-order valence-electron chi connectivity index (χ1n) is 9.67. The lowest BCUT2D eigenvalue weighted by molar-refractivity contribution is -0.137. The molecule has 3 rings (SSSR count). The predicted octanol–water partition coefficient (Wildman–Crippen LogP) is 5.81. The van der Waals surface area contributed by atoms with Gasteiger partial charge in [-0.25, -0.2) is 33.4 Å². The van der Waals surface area contributed by atoms with Gasteiger partial charge in [0.1, 0.15) is 23.0 Å². The third-order valence-corrected chi connectivity index (χ3v) is 4.62. The van der Waals surface area contributed by atoms with Crippen LogP contribution in [0.5, 0.6) is 23.0 Å². The van der Waals surface area contributed by atoms with E-state index in [9.17, 15) is 36.9 Å². The number of hydrogen-bond donors (Lipinski definition) is 0. The molecule has 182 valence electrons. The van der Waals surface area contributed by atoms with Gasteiger partial charge in [-0.2, -0.15) is 13.2 Å². The van der Waals surface area contributed by atoms with Gasteiger partial charge in [0, 0.05) is 22.6 Å².